The third-order valence-corrected chi connectivity index (χ3v) is 5.88. The molecule has 5 nitrogen and oxygen atoms in total. The second-order valence-corrected chi connectivity index (χ2v) is 7.30. The first kappa shape index (κ1) is 16.0. The fraction of sp³-hybridized carbons (Fsp3) is 0.227. The molecular weight excluding hydrogens is 344 g/mol. The number of rotatable bonds is 2. The summed E-state index contributed by atoms with van der Waals surface area (Å²) in [6.45, 7) is 5.23. The Morgan fingerprint density at radius 1 is 1.00 bits per heavy atom. The van der Waals surface area contributed by atoms with E-state index < -0.39 is 35.3 Å². The van der Waals surface area contributed by atoms with E-state index >= 15 is 0 Å². The van der Waals surface area contributed by atoms with Crippen LogP contribution < -0.4 is 0 Å². The van der Waals surface area contributed by atoms with Gasteiger partial charge in [0.05, 0.1) is 5.92 Å². The van der Waals surface area contributed by atoms with E-state index in [1.165, 1.54) is 0 Å². The number of hydrogen-bond donors (Lipinski definition) is 0. The summed E-state index contributed by atoms with van der Waals surface area (Å²) in [5.41, 5.74) is 2.07. The number of hydrogen-bond acceptors (Lipinski definition) is 5. The van der Waals surface area contributed by atoms with Crippen molar-refractivity contribution in [1.82, 2.24) is 0 Å². The lowest BCUT2D eigenvalue weighted by atomic mass is 9.52. The Kier molecular flexibility index (Phi) is 3.06. The Morgan fingerprint density at radius 2 is 1.56 bits per heavy atom. The van der Waals surface area contributed by atoms with Crippen molar-refractivity contribution >= 4 is 17.9 Å². The van der Waals surface area contributed by atoms with Crippen LogP contribution in [0.1, 0.15) is 35.1 Å². The average molecular weight is 360 g/mol. The van der Waals surface area contributed by atoms with Gasteiger partial charge < -0.3 is 9.47 Å². The highest BCUT2D eigenvalue weighted by molar-refractivity contribution is 6.01. The number of ether oxygens (including phenoxy) is 2. The van der Waals surface area contributed by atoms with Gasteiger partial charge in [0.15, 0.2) is 5.60 Å². The SMILES string of the molecule is C=C(C)C(=O)OC12c3ccccc3C(c3ccccc31)C1C(=O)OC(=O)C12. The van der Waals surface area contributed by atoms with E-state index in [4.69, 9.17) is 9.47 Å². The molecule has 2 aromatic carbocycles. The van der Waals surface area contributed by atoms with Crippen LogP contribution in [0.2, 0.25) is 0 Å². The summed E-state index contributed by atoms with van der Waals surface area (Å²) in [4.78, 5) is 37.9. The second kappa shape index (κ2) is 5.16. The average Bonchev–Trinajstić information content (AvgIpc) is 2.97. The van der Waals surface area contributed by atoms with Crippen LogP contribution >= 0.6 is 0 Å². The lowest BCUT2D eigenvalue weighted by Crippen LogP contribution is -2.55. The van der Waals surface area contributed by atoms with Crippen LogP contribution in [-0.4, -0.2) is 17.9 Å². The molecule has 1 heterocycles. The van der Waals surface area contributed by atoms with Crippen LogP contribution in [0.5, 0.6) is 0 Å². The van der Waals surface area contributed by atoms with Crippen molar-refractivity contribution in [3.8, 4) is 0 Å². The molecule has 5 heteroatoms. The highest BCUT2D eigenvalue weighted by atomic mass is 16.6. The van der Waals surface area contributed by atoms with Gasteiger partial charge in [-0.05, 0) is 18.1 Å². The quantitative estimate of drug-likeness (QED) is 0.468. The maximum Gasteiger partial charge on any atom is 0.334 e. The molecule has 0 saturated carbocycles. The molecule has 1 aliphatic heterocycles. The first-order valence-corrected chi connectivity index (χ1v) is 8.80. The zero-order valence-corrected chi connectivity index (χ0v) is 14.6. The maximum absolute atomic E-state index is 12.7. The molecule has 0 radical (unpaired) electrons. The third kappa shape index (κ3) is 1.81. The lowest BCUT2D eigenvalue weighted by Gasteiger charge is -2.52. The summed E-state index contributed by atoms with van der Waals surface area (Å²) in [5.74, 6) is -3.72. The minimum atomic E-state index is -1.40. The Balaban J connectivity index is 1.89. The minimum absolute atomic E-state index is 0.223. The van der Waals surface area contributed by atoms with E-state index in [1.807, 2.05) is 48.5 Å². The van der Waals surface area contributed by atoms with Crippen molar-refractivity contribution < 1.29 is 23.9 Å². The van der Waals surface area contributed by atoms with Crippen molar-refractivity contribution in [2.24, 2.45) is 11.8 Å². The molecular formula is C22H16O5. The molecule has 0 aromatic heterocycles. The normalized spacial score (nSPS) is 29.4. The van der Waals surface area contributed by atoms with Crippen molar-refractivity contribution in [3.05, 3.63) is 82.9 Å². The van der Waals surface area contributed by atoms with Crippen LogP contribution in [-0.2, 0) is 29.5 Å². The molecule has 2 bridgehead atoms. The van der Waals surface area contributed by atoms with E-state index in [0.29, 0.717) is 0 Å². The third-order valence-electron chi connectivity index (χ3n) is 5.88. The predicted octanol–water partition coefficient (Wildman–Crippen LogP) is 2.82. The Bertz CT molecular complexity index is 1000. The molecule has 27 heavy (non-hydrogen) atoms. The van der Waals surface area contributed by atoms with Crippen molar-refractivity contribution in [2.75, 3.05) is 0 Å². The van der Waals surface area contributed by atoms with Gasteiger partial charge in [0.25, 0.3) is 0 Å². The first-order chi connectivity index (χ1) is 13.0. The molecule has 4 aliphatic rings. The summed E-state index contributed by atoms with van der Waals surface area (Å²) in [6.07, 6.45) is 0. The molecule has 0 N–H and O–H groups in total. The van der Waals surface area contributed by atoms with Gasteiger partial charge >= 0.3 is 17.9 Å². The van der Waals surface area contributed by atoms with Crippen molar-refractivity contribution in [3.63, 3.8) is 0 Å². The smallest absolute Gasteiger partial charge is 0.334 e. The number of carbonyl (C=O) groups is 3. The molecule has 3 aliphatic carbocycles. The number of esters is 3. The summed E-state index contributed by atoms with van der Waals surface area (Å²) >= 11 is 0. The predicted molar refractivity (Wildman–Crippen MR) is 94.5 cm³/mol. The van der Waals surface area contributed by atoms with Gasteiger partial charge in [-0.15, -0.1) is 0 Å². The van der Waals surface area contributed by atoms with Crippen molar-refractivity contribution in [2.45, 2.75) is 18.4 Å². The molecule has 0 amide bonds. The van der Waals surface area contributed by atoms with Crippen molar-refractivity contribution in [1.29, 1.82) is 0 Å². The van der Waals surface area contributed by atoms with Crippen LogP contribution in [0.4, 0.5) is 0 Å². The van der Waals surface area contributed by atoms with Gasteiger partial charge in [0, 0.05) is 22.6 Å². The minimum Gasteiger partial charge on any atom is -0.445 e. The summed E-state index contributed by atoms with van der Waals surface area (Å²) < 4.78 is 11.0. The fourth-order valence-corrected chi connectivity index (χ4v) is 4.91. The number of benzene rings is 2. The Hall–Kier alpha value is -3.21. The van der Waals surface area contributed by atoms with Crippen LogP contribution in [0.25, 0.3) is 0 Å². The Labute approximate surface area is 155 Å². The molecule has 2 aromatic rings. The van der Waals surface area contributed by atoms with Gasteiger partial charge in [-0.3, -0.25) is 9.59 Å². The summed E-state index contributed by atoms with van der Waals surface area (Å²) in [7, 11) is 0. The zero-order chi connectivity index (χ0) is 18.9. The van der Waals surface area contributed by atoms with E-state index in [9.17, 15) is 14.4 Å². The summed E-state index contributed by atoms with van der Waals surface area (Å²) in [6, 6.07) is 15.0. The van der Waals surface area contributed by atoms with Gasteiger partial charge in [-0.2, -0.15) is 0 Å². The molecule has 2 atom stereocenters. The van der Waals surface area contributed by atoms with Gasteiger partial charge in [0.2, 0.25) is 0 Å². The topological polar surface area (TPSA) is 69.7 Å². The standard InChI is InChI=1S/C22H16O5/c1-11(2)19(23)27-22-14-9-5-3-7-12(14)16(13-8-4-6-10-15(13)22)17-18(22)21(25)26-20(17)24/h3-10,16-18H,1H2,2H3. The number of carbonyl (C=O) groups excluding carboxylic acids is 3. The fourth-order valence-electron chi connectivity index (χ4n) is 4.91. The van der Waals surface area contributed by atoms with Crippen LogP contribution in [0.3, 0.4) is 0 Å². The first-order valence-electron chi connectivity index (χ1n) is 8.80. The van der Waals surface area contributed by atoms with Crippen LogP contribution in [0, 0.1) is 11.8 Å². The van der Waals surface area contributed by atoms with Gasteiger partial charge in [0.1, 0.15) is 5.92 Å². The highest BCUT2D eigenvalue weighted by Gasteiger charge is 2.69. The monoisotopic (exact) mass is 360 g/mol. The lowest BCUT2D eigenvalue weighted by molar-refractivity contribution is -0.167. The Morgan fingerprint density at radius 3 is 2.11 bits per heavy atom. The zero-order valence-electron chi connectivity index (χ0n) is 14.6. The van der Waals surface area contributed by atoms with Crippen LogP contribution in [0.15, 0.2) is 60.7 Å². The van der Waals surface area contributed by atoms with E-state index in [-0.39, 0.29) is 11.5 Å². The maximum atomic E-state index is 12.7. The summed E-state index contributed by atoms with van der Waals surface area (Å²) in [5, 5.41) is 0. The molecule has 134 valence electrons. The van der Waals surface area contributed by atoms with E-state index in [0.717, 1.165) is 22.3 Å². The van der Waals surface area contributed by atoms with E-state index in [2.05, 4.69) is 6.58 Å². The molecule has 0 spiro atoms. The largest absolute Gasteiger partial charge is 0.445 e. The van der Waals surface area contributed by atoms with Gasteiger partial charge in [-0.1, -0.05) is 55.1 Å². The highest BCUT2D eigenvalue weighted by Crippen LogP contribution is 2.64. The molecule has 1 saturated heterocycles. The molecule has 6 rings (SSSR count). The second-order valence-electron chi connectivity index (χ2n) is 7.30. The van der Waals surface area contributed by atoms with Gasteiger partial charge in [-0.25, -0.2) is 4.79 Å². The van der Waals surface area contributed by atoms with E-state index in [1.54, 1.807) is 6.92 Å². The molecule has 2 unspecified atom stereocenters. The number of cyclic esters (lactones) is 2. The molecule has 1 fully saturated rings.